The van der Waals surface area contributed by atoms with Crippen molar-refractivity contribution in [3.05, 3.63) is 54.1 Å². The molecule has 150 valence electrons. The van der Waals surface area contributed by atoms with Gasteiger partial charge in [-0.1, -0.05) is 18.2 Å². The quantitative estimate of drug-likeness (QED) is 0.570. The van der Waals surface area contributed by atoms with Crippen molar-refractivity contribution < 1.29 is 9.47 Å². The average Bonchev–Trinajstić information content (AvgIpc) is 3.23. The highest BCUT2D eigenvalue weighted by atomic mass is 16.5. The molecule has 1 fully saturated rings. The molecule has 2 N–H and O–H groups in total. The molecule has 2 aromatic carbocycles. The van der Waals surface area contributed by atoms with Gasteiger partial charge in [-0.3, -0.25) is 4.99 Å². The van der Waals surface area contributed by atoms with Crippen LogP contribution in [0, 0.1) is 5.92 Å². The van der Waals surface area contributed by atoms with Crippen molar-refractivity contribution in [3.8, 4) is 11.5 Å². The van der Waals surface area contributed by atoms with Gasteiger partial charge in [0, 0.05) is 50.5 Å². The largest absolute Gasteiger partial charge is 0.497 e. The number of nitrogens with zero attached hydrogens (tertiary/aromatic N) is 2. The number of rotatable bonds is 7. The maximum absolute atomic E-state index is 5.46. The van der Waals surface area contributed by atoms with Crippen LogP contribution in [-0.4, -0.2) is 46.9 Å². The van der Waals surface area contributed by atoms with Crippen LogP contribution in [0.4, 0.5) is 5.69 Å². The van der Waals surface area contributed by atoms with Gasteiger partial charge >= 0.3 is 0 Å². The maximum atomic E-state index is 5.46. The van der Waals surface area contributed by atoms with E-state index in [4.69, 9.17) is 9.47 Å². The Morgan fingerprint density at radius 2 is 1.93 bits per heavy atom. The summed E-state index contributed by atoms with van der Waals surface area (Å²) in [4.78, 5) is 6.79. The summed E-state index contributed by atoms with van der Waals surface area (Å²) in [6.45, 7) is 3.71. The number of benzene rings is 2. The molecule has 0 aliphatic carbocycles. The number of methoxy groups -OCH3 is 2. The first-order chi connectivity index (χ1) is 13.7. The van der Waals surface area contributed by atoms with Gasteiger partial charge in [0.2, 0.25) is 0 Å². The summed E-state index contributed by atoms with van der Waals surface area (Å²) in [5.74, 6) is 2.99. The zero-order valence-electron chi connectivity index (χ0n) is 16.9. The molecule has 1 aliphatic heterocycles. The first-order valence-electron chi connectivity index (χ1n) is 9.69. The first kappa shape index (κ1) is 19.9. The monoisotopic (exact) mass is 382 g/mol. The van der Waals surface area contributed by atoms with E-state index in [2.05, 4.69) is 50.9 Å². The van der Waals surface area contributed by atoms with Gasteiger partial charge in [-0.15, -0.1) is 0 Å². The molecule has 0 spiro atoms. The smallest absolute Gasteiger partial charge is 0.191 e. The molecule has 3 rings (SSSR count). The van der Waals surface area contributed by atoms with Gasteiger partial charge in [0.05, 0.1) is 14.2 Å². The summed E-state index contributed by atoms with van der Waals surface area (Å²) in [5.41, 5.74) is 2.36. The second-order valence-corrected chi connectivity index (χ2v) is 6.92. The molecular formula is C22H30N4O2. The van der Waals surface area contributed by atoms with Crippen molar-refractivity contribution in [1.29, 1.82) is 0 Å². The molecule has 6 nitrogen and oxygen atoms in total. The van der Waals surface area contributed by atoms with Gasteiger partial charge in [-0.2, -0.15) is 0 Å². The fourth-order valence-corrected chi connectivity index (χ4v) is 3.51. The Kier molecular flexibility index (Phi) is 7.00. The molecule has 1 aliphatic rings. The SMILES string of the molecule is CN=C(NCc1ccc(OC)cc1OC)NCC1CCN(c2ccccc2)C1. The van der Waals surface area contributed by atoms with Crippen molar-refractivity contribution >= 4 is 11.6 Å². The molecule has 28 heavy (non-hydrogen) atoms. The van der Waals surface area contributed by atoms with Gasteiger partial charge in [-0.25, -0.2) is 0 Å². The van der Waals surface area contributed by atoms with Crippen LogP contribution in [0.5, 0.6) is 11.5 Å². The zero-order chi connectivity index (χ0) is 19.8. The van der Waals surface area contributed by atoms with E-state index in [9.17, 15) is 0 Å². The summed E-state index contributed by atoms with van der Waals surface area (Å²) >= 11 is 0. The predicted octanol–water partition coefficient (Wildman–Crippen LogP) is 2.90. The molecule has 0 aromatic heterocycles. The maximum Gasteiger partial charge on any atom is 0.191 e. The molecule has 6 heteroatoms. The minimum atomic E-state index is 0.606. The highest BCUT2D eigenvalue weighted by molar-refractivity contribution is 5.79. The Labute approximate surface area is 167 Å². The molecule has 1 unspecified atom stereocenters. The molecule has 1 heterocycles. The van der Waals surface area contributed by atoms with Crippen molar-refractivity contribution in [2.75, 3.05) is 45.8 Å². The number of ether oxygens (including phenoxy) is 2. The standard InChI is InChI=1S/C22H30N4O2/c1-23-22(25-15-18-9-10-20(27-2)13-21(18)28-3)24-14-17-11-12-26(16-17)19-7-5-4-6-8-19/h4-10,13,17H,11-12,14-16H2,1-3H3,(H2,23,24,25). The lowest BCUT2D eigenvalue weighted by Crippen LogP contribution is -2.40. The second kappa shape index (κ2) is 9.88. The second-order valence-electron chi connectivity index (χ2n) is 6.92. The number of anilines is 1. The van der Waals surface area contributed by atoms with Gasteiger partial charge in [0.1, 0.15) is 11.5 Å². The van der Waals surface area contributed by atoms with Gasteiger partial charge in [-0.05, 0) is 36.6 Å². The Morgan fingerprint density at radius 3 is 2.64 bits per heavy atom. The van der Waals surface area contributed by atoms with Crippen molar-refractivity contribution in [1.82, 2.24) is 10.6 Å². The normalized spacial score (nSPS) is 16.8. The highest BCUT2D eigenvalue weighted by Gasteiger charge is 2.22. The van der Waals surface area contributed by atoms with Crippen LogP contribution in [0.3, 0.4) is 0 Å². The molecule has 1 atom stereocenters. The lowest BCUT2D eigenvalue weighted by atomic mass is 10.1. The van der Waals surface area contributed by atoms with E-state index < -0.39 is 0 Å². The van der Waals surface area contributed by atoms with Crippen LogP contribution < -0.4 is 25.0 Å². The van der Waals surface area contributed by atoms with E-state index >= 15 is 0 Å². The van der Waals surface area contributed by atoms with Crippen LogP contribution in [0.25, 0.3) is 0 Å². The number of hydrogen-bond donors (Lipinski definition) is 2. The van der Waals surface area contributed by atoms with E-state index in [1.807, 2.05) is 18.2 Å². The lowest BCUT2D eigenvalue weighted by molar-refractivity contribution is 0.390. The molecular weight excluding hydrogens is 352 g/mol. The van der Waals surface area contributed by atoms with Crippen molar-refractivity contribution in [2.24, 2.45) is 10.9 Å². The molecule has 0 bridgehead atoms. The first-order valence-corrected chi connectivity index (χ1v) is 9.69. The topological polar surface area (TPSA) is 58.1 Å². The Bertz CT molecular complexity index is 779. The summed E-state index contributed by atoms with van der Waals surface area (Å²) in [7, 11) is 5.12. The van der Waals surface area contributed by atoms with Crippen LogP contribution in [0.2, 0.25) is 0 Å². The van der Waals surface area contributed by atoms with Crippen LogP contribution in [-0.2, 0) is 6.54 Å². The summed E-state index contributed by atoms with van der Waals surface area (Å²) in [5, 5.41) is 6.83. The minimum absolute atomic E-state index is 0.606. The Balaban J connectivity index is 1.48. The number of guanidine groups is 1. The summed E-state index contributed by atoms with van der Waals surface area (Å²) < 4.78 is 10.7. The molecule has 0 saturated carbocycles. The summed E-state index contributed by atoms with van der Waals surface area (Å²) in [6, 6.07) is 16.5. The van der Waals surface area contributed by atoms with Crippen molar-refractivity contribution in [3.63, 3.8) is 0 Å². The third kappa shape index (κ3) is 5.09. The van der Waals surface area contributed by atoms with Crippen molar-refractivity contribution in [2.45, 2.75) is 13.0 Å². The average molecular weight is 383 g/mol. The molecule has 0 amide bonds. The van der Waals surface area contributed by atoms with E-state index in [0.717, 1.165) is 42.7 Å². The van der Waals surface area contributed by atoms with Crippen LogP contribution in [0.15, 0.2) is 53.5 Å². The minimum Gasteiger partial charge on any atom is -0.497 e. The predicted molar refractivity (Wildman–Crippen MR) is 115 cm³/mol. The third-order valence-electron chi connectivity index (χ3n) is 5.13. The Morgan fingerprint density at radius 1 is 1.11 bits per heavy atom. The fourth-order valence-electron chi connectivity index (χ4n) is 3.51. The number of aliphatic imine (C=N–C) groups is 1. The van der Waals surface area contributed by atoms with Gasteiger partial charge < -0.3 is 25.0 Å². The van der Waals surface area contributed by atoms with Gasteiger partial charge in [0.25, 0.3) is 0 Å². The fraction of sp³-hybridized carbons (Fsp3) is 0.409. The number of nitrogens with one attached hydrogen (secondary N) is 2. The molecule has 2 aromatic rings. The lowest BCUT2D eigenvalue weighted by Gasteiger charge is -2.19. The highest BCUT2D eigenvalue weighted by Crippen LogP contribution is 2.25. The third-order valence-corrected chi connectivity index (χ3v) is 5.13. The zero-order valence-corrected chi connectivity index (χ0v) is 16.9. The van der Waals surface area contributed by atoms with Crippen LogP contribution in [0.1, 0.15) is 12.0 Å². The van der Waals surface area contributed by atoms with Crippen LogP contribution >= 0.6 is 0 Å². The van der Waals surface area contributed by atoms with E-state index in [-0.39, 0.29) is 0 Å². The van der Waals surface area contributed by atoms with E-state index in [1.54, 1.807) is 21.3 Å². The molecule has 0 radical (unpaired) electrons. The molecule has 1 saturated heterocycles. The Hall–Kier alpha value is -2.89. The van der Waals surface area contributed by atoms with E-state index in [1.165, 1.54) is 12.1 Å². The number of para-hydroxylation sites is 1. The van der Waals surface area contributed by atoms with E-state index in [0.29, 0.717) is 12.5 Å². The summed E-state index contributed by atoms with van der Waals surface area (Å²) in [6.07, 6.45) is 1.19. The van der Waals surface area contributed by atoms with Gasteiger partial charge in [0.15, 0.2) is 5.96 Å². The number of hydrogen-bond acceptors (Lipinski definition) is 4.